The lowest BCUT2D eigenvalue weighted by Crippen LogP contribution is -2.19. The van der Waals surface area contributed by atoms with Gasteiger partial charge in [0.25, 0.3) is 0 Å². The van der Waals surface area contributed by atoms with Gasteiger partial charge in [-0.05, 0) is 50.5 Å². The summed E-state index contributed by atoms with van der Waals surface area (Å²) in [5, 5.41) is 0. The summed E-state index contributed by atoms with van der Waals surface area (Å²) in [6.45, 7) is 0.780. The molecule has 0 N–H and O–H groups in total. The van der Waals surface area contributed by atoms with Crippen LogP contribution in [0.4, 0.5) is 13.2 Å². The maximum atomic E-state index is 12.6. The fraction of sp³-hybridized carbons (Fsp3) is 0.353. The zero-order chi connectivity index (χ0) is 16.9. The Kier molecular flexibility index (Phi) is 5.60. The summed E-state index contributed by atoms with van der Waals surface area (Å²) in [7, 11) is 3.90. The van der Waals surface area contributed by atoms with Crippen LogP contribution in [0.5, 0.6) is 5.75 Å². The lowest BCUT2D eigenvalue weighted by atomic mass is 10.1. The van der Waals surface area contributed by atoms with Gasteiger partial charge in [0.15, 0.2) is 0 Å². The van der Waals surface area contributed by atoms with Gasteiger partial charge in [0.2, 0.25) is 0 Å². The van der Waals surface area contributed by atoms with Crippen molar-refractivity contribution in [3.8, 4) is 5.75 Å². The Balaban J connectivity index is 2.14. The van der Waals surface area contributed by atoms with Crippen LogP contribution in [0, 0.1) is 0 Å². The Hall–Kier alpha value is -2.08. The van der Waals surface area contributed by atoms with Gasteiger partial charge in [0.05, 0.1) is 11.3 Å². The van der Waals surface area contributed by atoms with Crippen LogP contribution in [-0.2, 0) is 6.18 Å². The minimum absolute atomic E-state index is 0.310. The van der Waals surface area contributed by atoms with Crippen LogP contribution in [0.3, 0.4) is 0 Å². The van der Waals surface area contributed by atoms with Crippen LogP contribution in [0.2, 0.25) is 0 Å². The Morgan fingerprint density at radius 3 is 2.30 bits per heavy atom. The molecule has 1 unspecified atom stereocenters. The van der Waals surface area contributed by atoms with Gasteiger partial charge in [0.1, 0.15) is 11.9 Å². The number of alkyl halides is 3. The van der Waals surface area contributed by atoms with Crippen molar-refractivity contribution in [2.45, 2.75) is 18.7 Å². The molecule has 1 aromatic carbocycles. The molecule has 23 heavy (non-hydrogen) atoms. The van der Waals surface area contributed by atoms with E-state index >= 15 is 0 Å². The Labute approximate surface area is 133 Å². The van der Waals surface area contributed by atoms with Gasteiger partial charge in [-0.25, -0.2) is 0 Å². The summed E-state index contributed by atoms with van der Waals surface area (Å²) in [4.78, 5) is 6.31. The molecule has 3 nitrogen and oxygen atoms in total. The van der Waals surface area contributed by atoms with Gasteiger partial charge >= 0.3 is 6.18 Å². The quantitative estimate of drug-likeness (QED) is 0.797. The summed E-state index contributed by atoms with van der Waals surface area (Å²) >= 11 is 0. The third kappa shape index (κ3) is 5.25. The molecule has 6 heteroatoms. The molecule has 124 valence electrons. The van der Waals surface area contributed by atoms with E-state index in [4.69, 9.17) is 4.74 Å². The van der Waals surface area contributed by atoms with Gasteiger partial charge in [-0.1, -0.05) is 6.07 Å². The molecule has 0 aliphatic heterocycles. The largest absolute Gasteiger partial charge is 0.484 e. The van der Waals surface area contributed by atoms with Crippen molar-refractivity contribution in [2.75, 3.05) is 20.6 Å². The predicted octanol–water partition coefficient (Wildman–Crippen LogP) is 4.17. The Morgan fingerprint density at radius 1 is 1.09 bits per heavy atom. The lowest BCUT2D eigenvalue weighted by Gasteiger charge is -2.21. The van der Waals surface area contributed by atoms with Crippen LogP contribution in [0.15, 0.2) is 48.7 Å². The molecule has 2 rings (SSSR count). The van der Waals surface area contributed by atoms with Crippen molar-refractivity contribution in [1.29, 1.82) is 0 Å². The summed E-state index contributed by atoms with van der Waals surface area (Å²) in [5.41, 5.74) is 0.0711. The van der Waals surface area contributed by atoms with E-state index in [0.717, 1.165) is 24.4 Å². The molecule has 0 bridgehead atoms. The van der Waals surface area contributed by atoms with Gasteiger partial charge in [0, 0.05) is 19.2 Å². The minimum atomic E-state index is -4.34. The van der Waals surface area contributed by atoms with Crippen molar-refractivity contribution in [1.82, 2.24) is 9.88 Å². The number of pyridine rings is 1. The van der Waals surface area contributed by atoms with Crippen LogP contribution >= 0.6 is 0 Å². The van der Waals surface area contributed by atoms with Crippen LogP contribution in [-0.4, -0.2) is 30.5 Å². The fourth-order valence-corrected chi connectivity index (χ4v) is 2.10. The molecule has 0 fully saturated rings. The van der Waals surface area contributed by atoms with E-state index in [1.165, 1.54) is 12.1 Å². The van der Waals surface area contributed by atoms with Gasteiger partial charge < -0.3 is 9.64 Å². The summed E-state index contributed by atoms with van der Waals surface area (Å²) in [5.74, 6) is 0.396. The molecular formula is C17H19F3N2O. The molecule has 1 heterocycles. The average molecular weight is 324 g/mol. The van der Waals surface area contributed by atoms with Crippen LogP contribution < -0.4 is 4.74 Å². The van der Waals surface area contributed by atoms with Gasteiger partial charge in [-0.15, -0.1) is 0 Å². The van der Waals surface area contributed by atoms with Crippen molar-refractivity contribution < 1.29 is 17.9 Å². The highest BCUT2D eigenvalue weighted by Crippen LogP contribution is 2.31. The first-order chi connectivity index (χ1) is 10.9. The summed E-state index contributed by atoms with van der Waals surface area (Å²) < 4.78 is 43.7. The summed E-state index contributed by atoms with van der Waals surface area (Å²) in [6, 6.07) is 10.3. The third-order valence-electron chi connectivity index (χ3n) is 3.32. The second kappa shape index (κ2) is 7.46. The van der Waals surface area contributed by atoms with Crippen molar-refractivity contribution in [2.24, 2.45) is 0 Å². The molecule has 0 aliphatic rings. The standard InChI is InChI=1S/C17H19F3N2O/c1-22(2)12-10-16(15-5-3-4-11-21-15)23-14-8-6-13(7-9-14)17(18,19)20/h3-9,11,16H,10,12H2,1-2H3. The van der Waals surface area contributed by atoms with Crippen molar-refractivity contribution in [3.05, 3.63) is 59.9 Å². The lowest BCUT2D eigenvalue weighted by molar-refractivity contribution is -0.137. The molecule has 2 aromatic rings. The highest BCUT2D eigenvalue weighted by atomic mass is 19.4. The monoisotopic (exact) mass is 324 g/mol. The molecule has 1 aromatic heterocycles. The smallest absolute Gasteiger partial charge is 0.416 e. The molecule has 0 amide bonds. The average Bonchev–Trinajstić information content (AvgIpc) is 2.51. The highest BCUT2D eigenvalue weighted by Gasteiger charge is 2.30. The van der Waals surface area contributed by atoms with E-state index in [0.29, 0.717) is 12.2 Å². The number of halogens is 3. The SMILES string of the molecule is CN(C)CCC(Oc1ccc(C(F)(F)F)cc1)c1ccccn1. The fourth-order valence-electron chi connectivity index (χ4n) is 2.10. The first-order valence-electron chi connectivity index (χ1n) is 7.26. The first kappa shape index (κ1) is 17.3. The number of nitrogens with zero attached hydrogens (tertiary/aromatic N) is 2. The van der Waals surface area contributed by atoms with Crippen LogP contribution in [0.25, 0.3) is 0 Å². The number of hydrogen-bond acceptors (Lipinski definition) is 3. The maximum Gasteiger partial charge on any atom is 0.416 e. The molecule has 0 saturated carbocycles. The highest BCUT2D eigenvalue weighted by molar-refractivity contribution is 5.29. The van der Waals surface area contributed by atoms with E-state index in [2.05, 4.69) is 4.98 Å². The van der Waals surface area contributed by atoms with Crippen molar-refractivity contribution in [3.63, 3.8) is 0 Å². The van der Waals surface area contributed by atoms with Crippen LogP contribution in [0.1, 0.15) is 23.8 Å². The van der Waals surface area contributed by atoms with E-state index < -0.39 is 11.7 Å². The van der Waals surface area contributed by atoms with E-state index in [1.807, 2.05) is 37.2 Å². The van der Waals surface area contributed by atoms with Gasteiger partial charge in [-0.2, -0.15) is 13.2 Å². The van der Waals surface area contributed by atoms with E-state index in [9.17, 15) is 13.2 Å². The Bertz CT molecular complexity index is 597. The van der Waals surface area contributed by atoms with Crippen molar-refractivity contribution >= 4 is 0 Å². The number of benzene rings is 1. The molecule has 0 spiro atoms. The number of hydrogen-bond donors (Lipinski definition) is 0. The molecule has 1 atom stereocenters. The summed E-state index contributed by atoms with van der Waals surface area (Å²) in [6.07, 6.45) is -2.29. The predicted molar refractivity (Wildman–Crippen MR) is 82.2 cm³/mol. The first-order valence-corrected chi connectivity index (χ1v) is 7.26. The number of rotatable bonds is 6. The maximum absolute atomic E-state index is 12.6. The third-order valence-corrected chi connectivity index (χ3v) is 3.32. The topological polar surface area (TPSA) is 25.4 Å². The molecular weight excluding hydrogens is 305 g/mol. The van der Waals surface area contributed by atoms with E-state index in [-0.39, 0.29) is 6.10 Å². The second-order valence-corrected chi connectivity index (χ2v) is 5.48. The zero-order valence-corrected chi connectivity index (χ0v) is 13.0. The molecule has 0 saturated heterocycles. The normalized spacial score (nSPS) is 13.1. The second-order valence-electron chi connectivity index (χ2n) is 5.48. The van der Waals surface area contributed by atoms with E-state index in [1.54, 1.807) is 6.20 Å². The zero-order valence-electron chi connectivity index (χ0n) is 13.0. The number of ether oxygens (including phenoxy) is 1. The Morgan fingerprint density at radius 2 is 1.78 bits per heavy atom. The number of aromatic nitrogens is 1. The molecule has 0 aliphatic carbocycles. The minimum Gasteiger partial charge on any atom is -0.484 e. The van der Waals surface area contributed by atoms with Gasteiger partial charge in [-0.3, -0.25) is 4.98 Å². The molecule has 0 radical (unpaired) electrons.